The number of rotatable bonds is 5. The highest BCUT2D eigenvalue weighted by molar-refractivity contribution is 7.99. The minimum atomic E-state index is 0.394. The Kier molecular flexibility index (Phi) is 5.39. The molecular weight excluding hydrogens is 266 g/mol. The van der Waals surface area contributed by atoms with Crippen LogP contribution in [0.2, 0.25) is 0 Å². The first-order chi connectivity index (χ1) is 9.50. The second-order valence-electron chi connectivity index (χ2n) is 6.47. The summed E-state index contributed by atoms with van der Waals surface area (Å²) in [5, 5.41) is 3.78. The highest BCUT2D eigenvalue weighted by atomic mass is 32.2. The summed E-state index contributed by atoms with van der Waals surface area (Å²) in [6.07, 6.45) is 1.27. The van der Waals surface area contributed by atoms with Gasteiger partial charge in [-0.25, -0.2) is 0 Å². The maximum atomic E-state index is 5.49. The first-order valence-electron chi connectivity index (χ1n) is 7.57. The summed E-state index contributed by atoms with van der Waals surface area (Å²) < 4.78 is 5.49. The van der Waals surface area contributed by atoms with Gasteiger partial charge in [-0.2, -0.15) is 11.8 Å². The molecule has 0 aliphatic carbocycles. The van der Waals surface area contributed by atoms with Crippen LogP contribution >= 0.6 is 11.8 Å². The van der Waals surface area contributed by atoms with Crippen molar-refractivity contribution in [2.45, 2.75) is 46.2 Å². The van der Waals surface area contributed by atoms with Crippen molar-refractivity contribution in [1.29, 1.82) is 0 Å². The van der Waals surface area contributed by atoms with Gasteiger partial charge in [0.15, 0.2) is 0 Å². The SMILES string of the molecule is CCOc1ccc(C(C)NC2CSCC(C)(C)C2)cc1. The lowest BCUT2D eigenvalue weighted by Crippen LogP contribution is -2.41. The van der Waals surface area contributed by atoms with Gasteiger partial charge in [0, 0.05) is 17.8 Å². The van der Waals surface area contributed by atoms with Crippen LogP contribution in [0.4, 0.5) is 0 Å². The predicted octanol–water partition coefficient (Wildman–Crippen LogP) is 4.27. The summed E-state index contributed by atoms with van der Waals surface area (Å²) in [6.45, 7) is 9.73. The molecule has 0 radical (unpaired) electrons. The Bertz CT molecular complexity index is 416. The molecule has 1 N–H and O–H groups in total. The van der Waals surface area contributed by atoms with E-state index in [0.717, 1.165) is 12.4 Å². The average molecular weight is 293 g/mol. The van der Waals surface area contributed by atoms with E-state index in [1.165, 1.54) is 23.5 Å². The topological polar surface area (TPSA) is 21.3 Å². The third-order valence-corrected chi connectivity index (χ3v) is 5.41. The fourth-order valence-electron chi connectivity index (χ4n) is 2.84. The van der Waals surface area contributed by atoms with Crippen molar-refractivity contribution >= 4 is 11.8 Å². The van der Waals surface area contributed by atoms with Crippen LogP contribution in [0.3, 0.4) is 0 Å². The van der Waals surface area contributed by atoms with Gasteiger partial charge in [-0.15, -0.1) is 0 Å². The van der Waals surface area contributed by atoms with Gasteiger partial charge in [0.2, 0.25) is 0 Å². The molecule has 0 amide bonds. The monoisotopic (exact) mass is 293 g/mol. The van der Waals surface area contributed by atoms with Gasteiger partial charge in [-0.05, 0) is 49.1 Å². The van der Waals surface area contributed by atoms with Gasteiger partial charge in [-0.1, -0.05) is 26.0 Å². The van der Waals surface area contributed by atoms with Crippen LogP contribution < -0.4 is 10.1 Å². The number of benzene rings is 1. The van der Waals surface area contributed by atoms with Gasteiger partial charge >= 0.3 is 0 Å². The third kappa shape index (κ3) is 4.42. The van der Waals surface area contributed by atoms with Crippen molar-refractivity contribution in [2.24, 2.45) is 5.41 Å². The number of thioether (sulfide) groups is 1. The Labute approximate surface area is 127 Å². The van der Waals surface area contributed by atoms with Crippen molar-refractivity contribution in [3.05, 3.63) is 29.8 Å². The Morgan fingerprint density at radius 1 is 1.35 bits per heavy atom. The summed E-state index contributed by atoms with van der Waals surface area (Å²) in [6, 6.07) is 9.48. The van der Waals surface area contributed by atoms with Crippen molar-refractivity contribution in [2.75, 3.05) is 18.1 Å². The number of nitrogens with one attached hydrogen (secondary N) is 1. The van der Waals surface area contributed by atoms with Crippen LogP contribution in [-0.2, 0) is 0 Å². The van der Waals surface area contributed by atoms with E-state index in [0.29, 0.717) is 17.5 Å². The van der Waals surface area contributed by atoms with Crippen molar-refractivity contribution in [3.8, 4) is 5.75 Å². The molecule has 0 saturated carbocycles. The molecule has 0 bridgehead atoms. The molecule has 0 aromatic heterocycles. The van der Waals surface area contributed by atoms with Crippen LogP contribution in [0, 0.1) is 5.41 Å². The van der Waals surface area contributed by atoms with Gasteiger partial charge in [-0.3, -0.25) is 0 Å². The van der Waals surface area contributed by atoms with E-state index in [2.05, 4.69) is 62.1 Å². The van der Waals surface area contributed by atoms with E-state index in [-0.39, 0.29) is 0 Å². The summed E-state index contributed by atoms with van der Waals surface area (Å²) >= 11 is 2.07. The van der Waals surface area contributed by atoms with Gasteiger partial charge in [0.25, 0.3) is 0 Å². The molecule has 2 atom stereocenters. The zero-order valence-electron chi connectivity index (χ0n) is 13.1. The summed E-state index contributed by atoms with van der Waals surface area (Å²) in [4.78, 5) is 0. The van der Waals surface area contributed by atoms with Crippen molar-refractivity contribution in [3.63, 3.8) is 0 Å². The number of ether oxygens (including phenoxy) is 1. The van der Waals surface area contributed by atoms with Crippen LogP contribution in [0.5, 0.6) is 5.75 Å². The second kappa shape index (κ2) is 6.86. The van der Waals surface area contributed by atoms with E-state index in [1.54, 1.807) is 0 Å². The molecule has 112 valence electrons. The lowest BCUT2D eigenvalue weighted by atomic mass is 9.87. The van der Waals surface area contributed by atoms with Gasteiger partial charge < -0.3 is 10.1 Å². The fourth-order valence-corrected chi connectivity index (χ4v) is 4.13. The molecule has 1 fully saturated rings. The first kappa shape index (κ1) is 15.7. The smallest absolute Gasteiger partial charge is 0.119 e. The molecule has 1 saturated heterocycles. The summed E-state index contributed by atoms with van der Waals surface area (Å²) in [7, 11) is 0. The Balaban J connectivity index is 1.92. The average Bonchev–Trinajstić information content (AvgIpc) is 2.38. The normalized spacial score (nSPS) is 23.3. The van der Waals surface area contributed by atoms with E-state index in [1.807, 2.05) is 6.92 Å². The third-order valence-electron chi connectivity index (χ3n) is 3.79. The standard InChI is InChI=1S/C17H27NOS/c1-5-19-16-8-6-14(7-9-16)13(2)18-15-10-17(3,4)12-20-11-15/h6-9,13,15,18H,5,10-12H2,1-4H3. The van der Waals surface area contributed by atoms with Gasteiger partial charge in [0.1, 0.15) is 5.75 Å². The van der Waals surface area contributed by atoms with Crippen LogP contribution in [0.1, 0.15) is 45.7 Å². The molecule has 3 heteroatoms. The molecule has 1 aliphatic rings. The molecule has 2 nitrogen and oxygen atoms in total. The zero-order chi connectivity index (χ0) is 14.6. The highest BCUT2D eigenvalue weighted by Crippen LogP contribution is 2.34. The van der Waals surface area contributed by atoms with Crippen LogP contribution in [0.25, 0.3) is 0 Å². The Morgan fingerprint density at radius 2 is 2.05 bits per heavy atom. The van der Waals surface area contributed by atoms with E-state index < -0.39 is 0 Å². The molecule has 2 rings (SSSR count). The van der Waals surface area contributed by atoms with Crippen molar-refractivity contribution in [1.82, 2.24) is 5.32 Å². The minimum Gasteiger partial charge on any atom is -0.494 e. The lowest BCUT2D eigenvalue weighted by molar-refractivity contribution is 0.305. The highest BCUT2D eigenvalue weighted by Gasteiger charge is 2.29. The molecule has 2 unspecified atom stereocenters. The molecule has 1 aliphatic heterocycles. The number of hydrogen-bond acceptors (Lipinski definition) is 3. The summed E-state index contributed by atoms with van der Waals surface area (Å²) in [5.74, 6) is 3.46. The predicted molar refractivity (Wildman–Crippen MR) is 88.7 cm³/mol. The largest absolute Gasteiger partial charge is 0.494 e. The summed E-state index contributed by atoms with van der Waals surface area (Å²) in [5.41, 5.74) is 1.79. The van der Waals surface area contributed by atoms with Gasteiger partial charge in [0.05, 0.1) is 6.61 Å². The fraction of sp³-hybridized carbons (Fsp3) is 0.647. The first-order valence-corrected chi connectivity index (χ1v) is 8.72. The zero-order valence-corrected chi connectivity index (χ0v) is 13.9. The Hall–Kier alpha value is -0.670. The molecule has 1 heterocycles. The van der Waals surface area contributed by atoms with Crippen molar-refractivity contribution < 1.29 is 4.74 Å². The van der Waals surface area contributed by atoms with E-state index in [4.69, 9.17) is 4.74 Å². The maximum Gasteiger partial charge on any atom is 0.119 e. The molecule has 1 aromatic carbocycles. The molecular formula is C17H27NOS. The molecule has 20 heavy (non-hydrogen) atoms. The maximum absolute atomic E-state index is 5.49. The van der Waals surface area contributed by atoms with Crippen LogP contribution in [0.15, 0.2) is 24.3 Å². The Morgan fingerprint density at radius 3 is 2.65 bits per heavy atom. The van der Waals surface area contributed by atoms with E-state index >= 15 is 0 Å². The van der Waals surface area contributed by atoms with E-state index in [9.17, 15) is 0 Å². The molecule has 1 aromatic rings. The number of hydrogen-bond donors (Lipinski definition) is 1. The second-order valence-corrected chi connectivity index (χ2v) is 7.50. The quantitative estimate of drug-likeness (QED) is 0.876. The molecule has 0 spiro atoms. The van der Waals surface area contributed by atoms with Crippen LogP contribution in [-0.4, -0.2) is 24.2 Å². The lowest BCUT2D eigenvalue weighted by Gasteiger charge is -2.36. The minimum absolute atomic E-state index is 0.394.